The number of carbonyl (C=O) groups excluding carboxylic acids is 1. The fourth-order valence-electron chi connectivity index (χ4n) is 3.20. The number of esters is 1. The zero-order valence-electron chi connectivity index (χ0n) is 15.7. The minimum absolute atomic E-state index is 0.0712. The Labute approximate surface area is 168 Å². The van der Waals surface area contributed by atoms with Crippen molar-refractivity contribution in [2.45, 2.75) is 24.3 Å². The Balaban J connectivity index is 1.44. The monoisotopic (exact) mass is 412 g/mol. The summed E-state index contributed by atoms with van der Waals surface area (Å²) >= 11 is 0. The molecule has 0 spiro atoms. The van der Waals surface area contributed by atoms with E-state index in [9.17, 15) is 13.2 Å². The third-order valence-corrected chi connectivity index (χ3v) is 6.64. The molecule has 0 N–H and O–H groups in total. The smallest absolute Gasteiger partial charge is 0.338 e. The van der Waals surface area contributed by atoms with Gasteiger partial charge in [-0.2, -0.15) is 4.31 Å². The Morgan fingerprint density at radius 2 is 1.79 bits per heavy atom. The van der Waals surface area contributed by atoms with Gasteiger partial charge in [0.2, 0.25) is 10.0 Å². The van der Waals surface area contributed by atoms with Crippen LogP contribution in [0.3, 0.4) is 0 Å². The molecule has 0 bridgehead atoms. The SMILES string of the molecule is O=C(OCc1cc(-c2ccccc2)on1)c1cccc(S(=O)(=O)N2CCCC2)c1. The predicted octanol–water partition coefficient (Wildman–Crippen LogP) is 3.48. The van der Waals surface area contributed by atoms with Crippen molar-refractivity contribution in [3.8, 4) is 11.3 Å². The van der Waals surface area contributed by atoms with Crippen LogP contribution in [0.1, 0.15) is 28.9 Å². The molecule has 29 heavy (non-hydrogen) atoms. The average molecular weight is 412 g/mol. The molecule has 3 aromatic rings. The van der Waals surface area contributed by atoms with Crippen LogP contribution in [-0.2, 0) is 21.4 Å². The molecule has 7 nitrogen and oxygen atoms in total. The van der Waals surface area contributed by atoms with Crippen LogP contribution < -0.4 is 0 Å². The fraction of sp³-hybridized carbons (Fsp3) is 0.238. The largest absolute Gasteiger partial charge is 0.455 e. The van der Waals surface area contributed by atoms with Gasteiger partial charge in [-0.05, 0) is 31.0 Å². The molecule has 0 atom stereocenters. The van der Waals surface area contributed by atoms with Gasteiger partial charge in [0, 0.05) is 24.7 Å². The van der Waals surface area contributed by atoms with Crippen molar-refractivity contribution in [1.29, 1.82) is 0 Å². The van der Waals surface area contributed by atoms with Gasteiger partial charge in [0.1, 0.15) is 12.3 Å². The van der Waals surface area contributed by atoms with Crippen molar-refractivity contribution < 1.29 is 22.5 Å². The highest BCUT2D eigenvalue weighted by molar-refractivity contribution is 7.89. The molecule has 0 aliphatic carbocycles. The van der Waals surface area contributed by atoms with Crippen LogP contribution in [0.5, 0.6) is 0 Å². The summed E-state index contributed by atoms with van der Waals surface area (Å²) in [5.74, 6) is -0.0388. The van der Waals surface area contributed by atoms with Gasteiger partial charge in [-0.25, -0.2) is 13.2 Å². The Hall–Kier alpha value is -2.97. The van der Waals surface area contributed by atoms with E-state index >= 15 is 0 Å². The van der Waals surface area contributed by atoms with Gasteiger partial charge in [0.05, 0.1) is 10.5 Å². The lowest BCUT2D eigenvalue weighted by atomic mass is 10.2. The summed E-state index contributed by atoms with van der Waals surface area (Å²) < 4.78 is 37.4. The molecular formula is C21H20N2O5S. The molecule has 2 heterocycles. The first-order chi connectivity index (χ1) is 14.0. The minimum atomic E-state index is -3.59. The van der Waals surface area contributed by atoms with E-state index in [4.69, 9.17) is 9.26 Å². The summed E-state index contributed by atoms with van der Waals surface area (Å²) in [7, 11) is -3.59. The van der Waals surface area contributed by atoms with E-state index in [-0.39, 0.29) is 17.1 Å². The van der Waals surface area contributed by atoms with Gasteiger partial charge in [-0.15, -0.1) is 0 Å². The Morgan fingerprint density at radius 3 is 2.55 bits per heavy atom. The number of aromatic nitrogens is 1. The van der Waals surface area contributed by atoms with Crippen molar-refractivity contribution in [2.75, 3.05) is 13.1 Å². The second kappa shape index (κ2) is 8.18. The van der Waals surface area contributed by atoms with E-state index in [1.54, 1.807) is 12.1 Å². The molecule has 1 fully saturated rings. The standard InChI is InChI=1S/C21H20N2O5S/c24-21(27-15-18-14-20(28-22-18)16-7-2-1-3-8-16)17-9-6-10-19(13-17)29(25,26)23-11-4-5-12-23/h1-3,6-10,13-14H,4-5,11-12,15H2. The van der Waals surface area contributed by atoms with E-state index in [1.165, 1.54) is 22.5 Å². The Morgan fingerprint density at radius 1 is 1.03 bits per heavy atom. The number of sulfonamides is 1. The van der Waals surface area contributed by atoms with Gasteiger partial charge in [-0.3, -0.25) is 0 Å². The number of ether oxygens (including phenoxy) is 1. The summed E-state index contributed by atoms with van der Waals surface area (Å²) in [5, 5.41) is 3.91. The van der Waals surface area contributed by atoms with Crippen LogP contribution >= 0.6 is 0 Å². The van der Waals surface area contributed by atoms with Crippen LogP contribution in [-0.4, -0.2) is 36.9 Å². The molecule has 1 aliphatic rings. The number of rotatable bonds is 6. The molecule has 0 unspecified atom stereocenters. The van der Waals surface area contributed by atoms with Crippen molar-refractivity contribution in [1.82, 2.24) is 9.46 Å². The normalized spacial score (nSPS) is 14.8. The highest BCUT2D eigenvalue weighted by atomic mass is 32.2. The van der Waals surface area contributed by atoms with Crippen molar-refractivity contribution in [3.05, 3.63) is 71.9 Å². The van der Waals surface area contributed by atoms with E-state index < -0.39 is 16.0 Å². The molecule has 1 saturated heterocycles. The summed E-state index contributed by atoms with van der Waals surface area (Å²) in [6, 6.07) is 17.1. The quantitative estimate of drug-likeness (QED) is 0.576. The fourth-order valence-corrected chi connectivity index (χ4v) is 4.77. The topological polar surface area (TPSA) is 89.7 Å². The Kier molecular flexibility index (Phi) is 5.46. The number of carbonyl (C=O) groups is 1. The van der Waals surface area contributed by atoms with Crippen molar-refractivity contribution in [3.63, 3.8) is 0 Å². The van der Waals surface area contributed by atoms with E-state index in [2.05, 4.69) is 5.16 Å². The zero-order chi connectivity index (χ0) is 20.3. The van der Waals surface area contributed by atoms with Crippen LogP contribution in [0.4, 0.5) is 0 Å². The predicted molar refractivity (Wildman–Crippen MR) is 105 cm³/mol. The van der Waals surface area contributed by atoms with E-state index in [0.29, 0.717) is 24.5 Å². The number of hydrogen-bond acceptors (Lipinski definition) is 6. The highest BCUT2D eigenvalue weighted by Crippen LogP contribution is 2.23. The van der Waals surface area contributed by atoms with Crippen LogP contribution in [0.2, 0.25) is 0 Å². The van der Waals surface area contributed by atoms with Crippen LogP contribution in [0.25, 0.3) is 11.3 Å². The van der Waals surface area contributed by atoms with Gasteiger partial charge in [0.25, 0.3) is 0 Å². The van der Waals surface area contributed by atoms with Crippen LogP contribution in [0, 0.1) is 0 Å². The highest BCUT2D eigenvalue weighted by Gasteiger charge is 2.27. The first-order valence-corrected chi connectivity index (χ1v) is 10.8. The maximum Gasteiger partial charge on any atom is 0.338 e. The van der Waals surface area contributed by atoms with Gasteiger partial charge in [-0.1, -0.05) is 41.6 Å². The number of benzene rings is 2. The van der Waals surface area contributed by atoms with Crippen LogP contribution in [0.15, 0.2) is 70.1 Å². The second-order valence-electron chi connectivity index (χ2n) is 6.76. The maximum absolute atomic E-state index is 12.7. The molecule has 8 heteroatoms. The van der Waals surface area contributed by atoms with Gasteiger partial charge in [0.15, 0.2) is 5.76 Å². The summed E-state index contributed by atoms with van der Waals surface area (Å²) in [6.07, 6.45) is 1.70. The zero-order valence-corrected chi connectivity index (χ0v) is 16.5. The lowest BCUT2D eigenvalue weighted by Crippen LogP contribution is -2.28. The summed E-state index contributed by atoms with van der Waals surface area (Å²) in [4.78, 5) is 12.5. The molecule has 0 saturated carbocycles. The lowest BCUT2D eigenvalue weighted by molar-refractivity contribution is 0.0464. The summed E-state index contributed by atoms with van der Waals surface area (Å²) in [5.41, 5.74) is 1.52. The third-order valence-electron chi connectivity index (χ3n) is 4.74. The Bertz CT molecular complexity index is 1100. The number of nitrogens with zero attached hydrogens (tertiary/aromatic N) is 2. The number of hydrogen-bond donors (Lipinski definition) is 0. The average Bonchev–Trinajstić information content (AvgIpc) is 3.45. The maximum atomic E-state index is 12.7. The molecule has 4 rings (SSSR count). The first-order valence-electron chi connectivity index (χ1n) is 9.32. The molecule has 1 aromatic heterocycles. The van der Waals surface area contributed by atoms with E-state index in [0.717, 1.165) is 18.4 Å². The second-order valence-corrected chi connectivity index (χ2v) is 8.70. The first kappa shape index (κ1) is 19.4. The van der Waals surface area contributed by atoms with E-state index in [1.807, 2.05) is 30.3 Å². The molecule has 2 aromatic carbocycles. The van der Waals surface area contributed by atoms with Gasteiger partial charge < -0.3 is 9.26 Å². The molecule has 1 aliphatic heterocycles. The van der Waals surface area contributed by atoms with Gasteiger partial charge >= 0.3 is 5.97 Å². The molecule has 0 radical (unpaired) electrons. The van der Waals surface area contributed by atoms with Crippen molar-refractivity contribution in [2.24, 2.45) is 0 Å². The third kappa shape index (κ3) is 4.23. The molecule has 0 amide bonds. The molecule has 150 valence electrons. The lowest BCUT2D eigenvalue weighted by Gasteiger charge is -2.15. The summed E-state index contributed by atoms with van der Waals surface area (Å²) in [6.45, 7) is 0.943. The van der Waals surface area contributed by atoms with Crippen molar-refractivity contribution >= 4 is 16.0 Å². The minimum Gasteiger partial charge on any atom is -0.455 e. The molecular weight excluding hydrogens is 392 g/mol.